The summed E-state index contributed by atoms with van der Waals surface area (Å²) in [6.07, 6.45) is -5.46. The van der Waals surface area contributed by atoms with Gasteiger partial charge in [0.05, 0.1) is 40.9 Å². The van der Waals surface area contributed by atoms with Crippen LogP contribution in [0.4, 0.5) is 18.0 Å². The van der Waals surface area contributed by atoms with Gasteiger partial charge in [-0.3, -0.25) is 4.79 Å². The topological polar surface area (TPSA) is 167 Å². The van der Waals surface area contributed by atoms with Gasteiger partial charge >= 0.3 is 12.3 Å². The Kier molecular flexibility index (Phi) is 10.2. The molecule has 0 radical (unpaired) electrons. The van der Waals surface area contributed by atoms with Crippen LogP contribution in [0, 0.1) is 18.0 Å². The molecule has 4 rings (SSSR count). The van der Waals surface area contributed by atoms with Crippen LogP contribution < -0.4 is 4.72 Å². The Hall–Kier alpha value is -4.87. The van der Waals surface area contributed by atoms with Crippen LogP contribution in [0.25, 0.3) is 16.9 Å². The van der Waals surface area contributed by atoms with Crippen molar-refractivity contribution in [3.63, 3.8) is 0 Å². The lowest BCUT2D eigenvalue weighted by molar-refractivity contribution is -0.713. The van der Waals surface area contributed by atoms with Crippen LogP contribution in [0.2, 0.25) is 0 Å². The van der Waals surface area contributed by atoms with E-state index in [1.807, 2.05) is 11.6 Å². The average molecular weight is 655 g/mol. The molecular weight excluding hydrogens is 625 g/mol. The first kappa shape index (κ1) is 33.0. The summed E-state index contributed by atoms with van der Waals surface area (Å²) in [5.74, 6) is -1.52. The van der Waals surface area contributed by atoms with Crippen LogP contribution >= 0.6 is 0 Å². The lowest BCUT2D eigenvalue weighted by atomic mass is 9.97. The molecule has 1 aliphatic heterocycles. The molecule has 0 aliphatic carbocycles. The Bertz CT molecular complexity index is 1640. The van der Waals surface area contributed by atoms with Gasteiger partial charge in [-0.15, -0.1) is 5.01 Å². The number of halogens is 3. The predicted octanol–water partition coefficient (Wildman–Crippen LogP) is 4.32. The Morgan fingerprint density at radius 2 is 1.73 bits per heavy atom. The Morgan fingerprint density at radius 1 is 1.09 bits per heavy atom. The smallest absolute Gasteiger partial charge is 0.511 e. The number of nitrogens with zero attached hydrogens (tertiary/aromatic N) is 5. The van der Waals surface area contributed by atoms with Crippen molar-refractivity contribution in [1.82, 2.24) is 19.5 Å². The number of aromatic nitrogens is 2. The SMILES string of the molecule is CCOC(=O)OCON=[N+]([O-])N1CCC(C(=O)NS(=O)(=O)c2ccc(-n3nc(C(F)(F)F)cc3-c3ccc(C)cc3)cc2)CC1. The molecule has 1 N–H and O–H groups in total. The second kappa shape index (κ2) is 13.8. The van der Waals surface area contributed by atoms with E-state index in [9.17, 15) is 36.4 Å². The van der Waals surface area contributed by atoms with E-state index >= 15 is 0 Å². The maximum atomic E-state index is 13.5. The lowest BCUT2D eigenvalue weighted by Crippen LogP contribution is -2.44. The number of amides is 1. The van der Waals surface area contributed by atoms with Gasteiger partial charge in [-0.05, 0) is 57.0 Å². The fourth-order valence-corrected chi connectivity index (χ4v) is 5.39. The molecule has 14 nitrogen and oxygen atoms in total. The van der Waals surface area contributed by atoms with Gasteiger partial charge in [0.25, 0.3) is 16.8 Å². The normalized spacial score (nSPS) is 14.6. The summed E-state index contributed by atoms with van der Waals surface area (Å²) in [4.78, 5) is 28.3. The van der Waals surface area contributed by atoms with Gasteiger partial charge in [0, 0.05) is 11.5 Å². The number of piperidine rings is 1. The van der Waals surface area contributed by atoms with E-state index in [-0.39, 0.29) is 53.8 Å². The highest BCUT2D eigenvalue weighted by molar-refractivity contribution is 7.90. The Balaban J connectivity index is 1.38. The second-order valence-corrected chi connectivity index (χ2v) is 11.5. The van der Waals surface area contributed by atoms with Crippen LogP contribution in [0.1, 0.15) is 31.0 Å². The zero-order chi connectivity index (χ0) is 32.8. The number of rotatable bonds is 10. The fraction of sp³-hybridized carbons (Fsp3) is 0.370. The molecule has 2 aromatic carbocycles. The molecule has 0 bridgehead atoms. The highest BCUT2D eigenvalue weighted by atomic mass is 32.2. The molecule has 0 atom stereocenters. The van der Waals surface area contributed by atoms with Crippen molar-refractivity contribution < 1.29 is 50.5 Å². The minimum atomic E-state index is -4.71. The maximum Gasteiger partial charge on any atom is 0.511 e. The Labute approximate surface area is 255 Å². The molecule has 0 saturated carbocycles. The molecule has 18 heteroatoms. The monoisotopic (exact) mass is 654 g/mol. The molecule has 2 heterocycles. The van der Waals surface area contributed by atoms with Gasteiger partial charge in [-0.1, -0.05) is 29.8 Å². The average Bonchev–Trinajstić information content (AvgIpc) is 3.46. The second-order valence-electron chi connectivity index (χ2n) is 9.79. The largest absolute Gasteiger partial charge is 0.569 e. The molecule has 1 aliphatic rings. The first-order valence-electron chi connectivity index (χ1n) is 13.5. The van der Waals surface area contributed by atoms with Crippen molar-refractivity contribution in [2.45, 2.75) is 37.8 Å². The molecule has 3 aromatic rings. The van der Waals surface area contributed by atoms with Crippen LogP contribution in [0.3, 0.4) is 0 Å². The number of hydrogen-bond acceptors (Lipinski definition) is 10. The number of nitrogens with one attached hydrogen (secondary N) is 1. The number of carbonyl (C=O) groups excluding carboxylic acids is 2. The van der Waals surface area contributed by atoms with Crippen molar-refractivity contribution >= 4 is 22.1 Å². The van der Waals surface area contributed by atoms with E-state index in [2.05, 4.69) is 24.7 Å². The minimum absolute atomic E-state index is 0.0506. The molecule has 242 valence electrons. The van der Waals surface area contributed by atoms with Gasteiger partial charge < -0.3 is 19.5 Å². The predicted molar refractivity (Wildman–Crippen MR) is 148 cm³/mol. The Morgan fingerprint density at radius 3 is 2.33 bits per heavy atom. The van der Waals surface area contributed by atoms with Crippen molar-refractivity contribution in [2.24, 2.45) is 11.2 Å². The van der Waals surface area contributed by atoms with Crippen LogP contribution in [0.5, 0.6) is 0 Å². The van der Waals surface area contributed by atoms with Gasteiger partial charge in [0.1, 0.15) is 0 Å². The van der Waals surface area contributed by atoms with Crippen molar-refractivity contribution in [1.29, 1.82) is 0 Å². The summed E-state index contributed by atoms with van der Waals surface area (Å²) in [6, 6.07) is 12.6. The van der Waals surface area contributed by atoms with Gasteiger partial charge in [0.2, 0.25) is 11.2 Å². The van der Waals surface area contributed by atoms with Crippen molar-refractivity contribution in [3.8, 4) is 16.9 Å². The number of alkyl halides is 3. The standard InChI is InChI=1S/C27H29F3N6O8S/c1-3-42-26(38)43-17-44-33-36(39)34-14-12-20(13-15-34)25(37)32-45(40,41)22-10-8-21(9-11-22)35-23(16-24(31-35)27(28,29)30)19-6-4-18(2)5-7-19/h4-11,16,20H,3,12-15,17H2,1-2H3,(H,32,37). The van der Waals surface area contributed by atoms with E-state index in [1.54, 1.807) is 31.2 Å². The van der Waals surface area contributed by atoms with Gasteiger partial charge in [-0.25, -0.2) is 22.6 Å². The van der Waals surface area contributed by atoms with Gasteiger partial charge in [0.15, 0.2) is 5.69 Å². The molecule has 0 spiro atoms. The summed E-state index contributed by atoms with van der Waals surface area (Å²) >= 11 is 0. The van der Waals surface area contributed by atoms with E-state index < -0.39 is 46.7 Å². The molecule has 1 saturated heterocycles. The third-order valence-electron chi connectivity index (χ3n) is 6.68. The van der Waals surface area contributed by atoms with Crippen LogP contribution in [0.15, 0.2) is 64.8 Å². The fourth-order valence-electron chi connectivity index (χ4n) is 4.35. The van der Waals surface area contributed by atoms with Gasteiger partial charge in [-0.2, -0.15) is 18.3 Å². The maximum absolute atomic E-state index is 13.5. The van der Waals surface area contributed by atoms with E-state index in [4.69, 9.17) is 0 Å². The van der Waals surface area contributed by atoms with Crippen molar-refractivity contribution in [3.05, 3.63) is 71.1 Å². The van der Waals surface area contributed by atoms with Crippen LogP contribution in [-0.4, -0.2) is 66.7 Å². The number of aryl methyl sites for hydroxylation is 1. The minimum Gasteiger partial charge on any atom is -0.569 e. The number of hydrogen-bond donors (Lipinski definition) is 1. The molecule has 1 fully saturated rings. The molecular formula is C27H29F3N6O8S. The number of sulfonamides is 1. The third kappa shape index (κ3) is 8.40. The highest BCUT2D eigenvalue weighted by Gasteiger charge is 2.35. The number of carbonyl (C=O) groups is 2. The molecule has 1 amide bonds. The summed E-state index contributed by atoms with van der Waals surface area (Å²) in [6.45, 7) is 2.96. The van der Waals surface area contributed by atoms with Crippen molar-refractivity contribution in [2.75, 3.05) is 26.5 Å². The molecule has 0 unspecified atom stereocenters. The number of benzene rings is 2. The van der Waals surface area contributed by atoms with E-state index in [1.165, 1.54) is 17.1 Å². The van der Waals surface area contributed by atoms with E-state index in [0.717, 1.165) is 28.4 Å². The highest BCUT2D eigenvalue weighted by Crippen LogP contribution is 2.33. The van der Waals surface area contributed by atoms with E-state index in [0.29, 0.717) is 5.56 Å². The summed E-state index contributed by atoms with van der Waals surface area (Å²) in [5, 5.41) is 20.2. The molecule has 45 heavy (non-hydrogen) atoms. The zero-order valence-electron chi connectivity index (χ0n) is 24.1. The zero-order valence-corrected chi connectivity index (χ0v) is 24.9. The summed E-state index contributed by atoms with van der Waals surface area (Å²) in [5.41, 5.74) is 0.595. The number of ether oxygens (including phenoxy) is 2. The van der Waals surface area contributed by atoms with Crippen LogP contribution in [-0.2, 0) is 35.3 Å². The summed E-state index contributed by atoms with van der Waals surface area (Å²) in [7, 11) is -4.33. The lowest BCUT2D eigenvalue weighted by Gasteiger charge is -2.27. The first-order chi connectivity index (χ1) is 21.3. The third-order valence-corrected chi connectivity index (χ3v) is 8.04. The molecule has 1 aromatic heterocycles. The first-order valence-corrected chi connectivity index (χ1v) is 15.0. The quantitative estimate of drug-likeness (QED) is 0.0830. The number of hydrazine groups is 1. The summed E-state index contributed by atoms with van der Waals surface area (Å²) < 4.78 is 78.5.